The van der Waals surface area contributed by atoms with Gasteiger partial charge in [0, 0.05) is 36.4 Å². The Bertz CT molecular complexity index is 1350. The quantitative estimate of drug-likeness (QED) is 0.401. The van der Waals surface area contributed by atoms with Crippen LogP contribution in [0.3, 0.4) is 0 Å². The van der Waals surface area contributed by atoms with Crippen molar-refractivity contribution in [1.29, 1.82) is 0 Å². The summed E-state index contributed by atoms with van der Waals surface area (Å²) in [4.78, 5) is 27.7. The minimum atomic E-state index is -0.610. The van der Waals surface area contributed by atoms with E-state index in [-0.39, 0.29) is 5.91 Å². The van der Waals surface area contributed by atoms with Crippen LogP contribution in [0.25, 0.3) is 16.8 Å². The molecular weight excluding hydrogens is 446 g/mol. The number of anilines is 3. The molecular formula is C25H25N7OS. The number of thioether (sulfide) groups is 1. The maximum Gasteiger partial charge on any atom is 0.247 e. The summed E-state index contributed by atoms with van der Waals surface area (Å²) in [6.45, 7) is 4.36. The standard InChI is InChI=1S/C25H25N7OS/c1-3-20(33)32-15-6-12-25(32,34-2)24-30-21(22-23(26)28-14-16-31(22)24)17-8-10-18(11-9-17)29-19-7-4-5-13-27-19/h3-5,7-11,13-14,16H,1,6,12,15H2,2H3,(H2,26,28)(H,27,29)/t25-/m1/s1. The molecule has 5 rings (SSSR count). The molecule has 0 bridgehead atoms. The lowest BCUT2D eigenvalue weighted by Crippen LogP contribution is -2.43. The average molecular weight is 472 g/mol. The third-order valence-corrected chi connectivity index (χ3v) is 7.42. The summed E-state index contributed by atoms with van der Waals surface area (Å²) >= 11 is 1.61. The van der Waals surface area contributed by atoms with Crippen LogP contribution in [0.1, 0.15) is 18.7 Å². The number of rotatable bonds is 6. The Morgan fingerprint density at radius 2 is 2.03 bits per heavy atom. The molecule has 1 atom stereocenters. The molecule has 1 amide bonds. The molecule has 4 aromatic rings. The Balaban J connectivity index is 1.61. The average Bonchev–Trinajstić information content (AvgIpc) is 3.48. The van der Waals surface area contributed by atoms with Crippen molar-refractivity contribution in [3.05, 3.63) is 79.5 Å². The molecule has 0 saturated carbocycles. The number of hydrogen-bond donors (Lipinski definition) is 2. The highest BCUT2D eigenvalue weighted by molar-refractivity contribution is 7.99. The molecule has 3 aromatic heterocycles. The van der Waals surface area contributed by atoms with Gasteiger partial charge in [0.05, 0.1) is 0 Å². The number of carbonyl (C=O) groups excluding carboxylic acids is 1. The zero-order valence-electron chi connectivity index (χ0n) is 18.8. The number of aromatic nitrogens is 4. The van der Waals surface area contributed by atoms with Crippen LogP contribution in [0, 0.1) is 0 Å². The zero-order chi connectivity index (χ0) is 23.7. The first-order valence-electron chi connectivity index (χ1n) is 11.0. The number of pyridine rings is 1. The first-order chi connectivity index (χ1) is 16.6. The van der Waals surface area contributed by atoms with E-state index in [4.69, 9.17) is 10.7 Å². The van der Waals surface area contributed by atoms with Crippen LogP contribution in [-0.2, 0) is 9.67 Å². The van der Waals surface area contributed by atoms with E-state index >= 15 is 0 Å². The van der Waals surface area contributed by atoms with Gasteiger partial charge in [-0.2, -0.15) is 0 Å². The van der Waals surface area contributed by atoms with Crippen LogP contribution in [0.2, 0.25) is 0 Å². The monoisotopic (exact) mass is 471 g/mol. The van der Waals surface area contributed by atoms with E-state index in [1.807, 2.05) is 64.2 Å². The van der Waals surface area contributed by atoms with Crippen LogP contribution < -0.4 is 11.1 Å². The molecule has 0 radical (unpaired) electrons. The van der Waals surface area contributed by atoms with Crippen molar-refractivity contribution in [2.24, 2.45) is 0 Å². The normalized spacial score (nSPS) is 17.7. The van der Waals surface area contributed by atoms with E-state index in [2.05, 4.69) is 21.9 Å². The van der Waals surface area contributed by atoms with Gasteiger partial charge in [0.2, 0.25) is 5.91 Å². The number of nitrogens with two attached hydrogens (primary N) is 1. The Labute approximate surface area is 201 Å². The predicted octanol–water partition coefficient (Wildman–Crippen LogP) is 4.44. The topological polar surface area (TPSA) is 101 Å². The molecule has 4 heterocycles. The summed E-state index contributed by atoms with van der Waals surface area (Å²) in [5.41, 5.74) is 9.63. The first kappa shape index (κ1) is 22.0. The van der Waals surface area contributed by atoms with Crippen molar-refractivity contribution >= 4 is 40.5 Å². The van der Waals surface area contributed by atoms with Gasteiger partial charge in [-0.25, -0.2) is 15.0 Å². The Hall–Kier alpha value is -3.85. The highest BCUT2D eigenvalue weighted by atomic mass is 32.2. The van der Waals surface area contributed by atoms with Crippen LogP contribution in [-0.4, -0.2) is 43.0 Å². The molecule has 0 spiro atoms. The third kappa shape index (κ3) is 3.58. The van der Waals surface area contributed by atoms with Crippen LogP contribution in [0.5, 0.6) is 0 Å². The van der Waals surface area contributed by atoms with E-state index in [0.29, 0.717) is 12.4 Å². The van der Waals surface area contributed by atoms with Gasteiger partial charge in [-0.1, -0.05) is 24.8 Å². The van der Waals surface area contributed by atoms with Crippen molar-refractivity contribution < 1.29 is 4.79 Å². The van der Waals surface area contributed by atoms with Gasteiger partial charge < -0.3 is 16.0 Å². The largest absolute Gasteiger partial charge is 0.382 e. The van der Waals surface area contributed by atoms with E-state index in [1.165, 1.54) is 6.08 Å². The second kappa shape index (κ2) is 8.83. The lowest BCUT2D eigenvalue weighted by atomic mass is 10.1. The van der Waals surface area contributed by atoms with Crippen molar-refractivity contribution in [3.8, 4) is 11.3 Å². The first-order valence-corrected chi connectivity index (χ1v) is 12.2. The number of carbonyl (C=O) groups is 1. The van der Waals surface area contributed by atoms with Gasteiger partial charge in [-0.15, -0.1) is 11.8 Å². The van der Waals surface area contributed by atoms with E-state index in [0.717, 1.165) is 46.9 Å². The molecule has 0 unspecified atom stereocenters. The smallest absolute Gasteiger partial charge is 0.247 e. The molecule has 34 heavy (non-hydrogen) atoms. The zero-order valence-corrected chi connectivity index (χ0v) is 19.6. The number of amides is 1. The van der Waals surface area contributed by atoms with Gasteiger partial charge in [-0.3, -0.25) is 9.20 Å². The van der Waals surface area contributed by atoms with Crippen molar-refractivity contribution in [1.82, 2.24) is 24.3 Å². The van der Waals surface area contributed by atoms with E-state index in [9.17, 15) is 4.79 Å². The Kier molecular flexibility index (Phi) is 5.70. The van der Waals surface area contributed by atoms with Gasteiger partial charge in [0.15, 0.2) is 5.82 Å². The second-order valence-corrected chi connectivity index (χ2v) is 9.10. The van der Waals surface area contributed by atoms with Gasteiger partial charge in [-0.05, 0) is 49.4 Å². The number of benzene rings is 1. The highest BCUT2D eigenvalue weighted by Crippen LogP contribution is 2.48. The fraction of sp³-hybridized carbons (Fsp3) is 0.200. The van der Waals surface area contributed by atoms with Gasteiger partial charge in [0.1, 0.15) is 27.7 Å². The van der Waals surface area contributed by atoms with Crippen LogP contribution in [0.15, 0.2) is 73.7 Å². The van der Waals surface area contributed by atoms with Crippen LogP contribution in [0.4, 0.5) is 17.3 Å². The molecule has 1 aromatic carbocycles. The molecule has 1 fully saturated rings. The molecule has 1 saturated heterocycles. The summed E-state index contributed by atoms with van der Waals surface area (Å²) in [5.74, 6) is 1.83. The number of nitrogen functional groups attached to an aromatic ring is 1. The van der Waals surface area contributed by atoms with Crippen molar-refractivity contribution in [2.45, 2.75) is 17.7 Å². The fourth-order valence-corrected chi connectivity index (χ4v) is 5.64. The number of imidazole rings is 1. The fourth-order valence-electron chi connectivity index (χ4n) is 4.56. The van der Waals surface area contributed by atoms with Gasteiger partial charge in [0.25, 0.3) is 0 Å². The number of fused-ring (bicyclic) bond motifs is 1. The Morgan fingerprint density at radius 1 is 1.21 bits per heavy atom. The number of hydrogen-bond acceptors (Lipinski definition) is 7. The predicted molar refractivity (Wildman–Crippen MR) is 137 cm³/mol. The van der Waals surface area contributed by atoms with E-state index in [1.54, 1.807) is 24.2 Å². The molecule has 172 valence electrons. The minimum Gasteiger partial charge on any atom is -0.382 e. The van der Waals surface area contributed by atoms with E-state index < -0.39 is 4.87 Å². The molecule has 1 aliphatic rings. The number of nitrogens with one attached hydrogen (secondary N) is 1. The second-order valence-electron chi connectivity index (χ2n) is 8.02. The third-order valence-electron chi connectivity index (χ3n) is 6.14. The molecule has 9 heteroatoms. The number of likely N-dealkylation sites (tertiary alicyclic amines) is 1. The maximum atomic E-state index is 12.7. The van der Waals surface area contributed by atoms with Crippen molar-refractivity contribution in [3.63, 3.8) is 0 Å². The molecule has 8 nitrogen and oxygen atoms in total. The summed E-state index contributed by atoms with van der Waals surface area (Å²) < 4.78 is 1.98. The summed E-state index contributed by atoms with van der Waals surface area (Å²) in [7, 11) is 0. The number of nitrogens with zero attached hydrogens (tertiary/aromatic N) is 5. The summed E-state index contributed by atoms with van der Waals surface area (Å²) in [6.07, 6.45) is 10.3. The lowest BCUT2D eigenvalue weighted by molar-refractivity contribution is -0.127. The Morgan fingerprint density at radius 3 is 2.74 bits per heavy atom. The SMILES string of the molecule is C=CC(=O)N1CCC[C@@]1(SC)c1nc(-c2ccc(Nc3ccccn3)cc2)c2c(N)nccn12. The van der Waals surface area contributed by atoms with Gasteiger partial charge >= 0.3 is 0 Å². The summed E-state index contributed by atoms with van der Waals surface area (Å²) in [5, 5.41) is 3.29. The molecule has 0 aliphatic carbocycles. The molecule has 1 aliphatic heterocycles. The lowest BCUT2D eigenvalue weighted by Gasteiger charge is -2.35. The minimum absolute atomic E-state index is 0.0999. The highest BCUT2D eigenvalue weighted by Gasteiger charge is 2.47. The summed E-state index contributed by atoms with van der Waals surface area (Å²) in [6, 6.07) is 13.7. The van der Waals surface area contributed by atoms with Crippen LogP contribution >= 0.6 is 11.8 Å². The molecule has 3 N–H and O–H groups in total. The maximum absolute atomic E-state index is 12.7. The van der Waals surface area contributed by atoms with Crippen molar-refractivity contribution in [2.75, 3.05) is 23.9 Å².